The monoisotopic (exact) mass is 236 g/mol. The van der Waals surface area contributed by atoms with Crippen LogP contribution in [0.1, 0.15) is 11.6 Å². The van der Waals surface area contributed by atoms with Crippen LogP contribution in [0.15, 0.2) is 18.2 Å². The Kier molecular flexibility index (Phi) is 2.58. The Balaban J connectivity index is 2.59. The summed E-state index contributed by atoms with van der Waals surface area (Å²) in [5, 5.41) is 14.7. The lowest BCUT2D eigenvalue weighted by Crippen LogP contribution is -2.01. The molecule has 0 atom stereocenters. The second kappa shape index (κ2) is 3.93. The summed E-state index contributed by atoms with van der Waals surface area (Å²) in [5.74, 6) is 0.388. The number of benzene rings is 1. The van der Waals surface area contributed by atoms with E-state index in [1.165, 1.54) is 16.8 Å². The second-order valence-electron chi connectivity index (χ2n) is 3.54. The SMILES string of the molecule is Cc1nc(C)n(-c2cc(F)cc([N+](=O)[O-])c2)n1. The molecule has 17 heavy (non-hydrogen) atoms. The molecule has 7 heteroatoms. The smallest absolute Gasteiger partial charge is 0.258 e. The van der Waals surface area contributed by atoms with E-state index in [0.29, 0.717) is 11.6 Å². The van der Waals surface area contributed by atoms with Crippen molar-refractivity contribution in [3.8, 4) is 5.69 Å². The highest BCUT2D eigenvalue weighted by Gasteiger charge is 2.13. The van der Waals surface area contributed by atoms with Crippen molar-refractivity contribution in [3.05, 3.63) is 45.8 Å². The van der Waals surface area contributed by atoms with Crippen molar-refractivity contribution >= 4 is 5.69 Å². The van der Waals surface area contributed by atoms with Gasteiger partial charge in [0.1, 0.15) is 17.5 Å². The van der Waals surface area contributed by atoms with Crippen LogP contribution in [0.25, 0.3) is 5.69 Å². The number of nitro benzene ring substituents is 1. The molecule has 0 fully saturated rings. The van der Waals surface area contributed by atoms with E-state index >= 15 is 0 Å². The van der Waals surface area contributed by atoms with Gasteiger partial charge in [0.05, 0.1) is 16.7 Å². The Morgan fingerprint density at radius 3 is 2.59 bits per heavy atom. The van der Waals surface area contributed by atoms with Gasteiger partial charge in [-0.3, -0.25) is 10.1 Å². The van der Waals surface area contributed by atoms with Crippen molar-refractivity contribution in [2.24, 2.45) is 0 Å². The van der Waals surface area contributed by atoms with Crippen LogP contribution in [0, 0.1) is 29.8 Å². The Bertz CT molecular complexity index is 594. The molecule has 0 aliphatic heterocycles. The zero-order chi connectivity index (χ0) is 12.6. The number of hydrogen-bond acceptors (Lipinski definition) is 4. The van der Waals surface area contributed by atoms with Gasteiger partial charge in [-0.05, 0) is 13.8 Å². The van der Waals surface area contributed by atoms with Crippen molar-refractivity contribution in [1.29, 1.82) is 0 Å². The standard InChI is InChI=1S/C10H9FN4O2/c1-6-12-7(2)14(13-6)9-3-8(11)4-10(5-9)15(16)17/h3-5H,1-2H3. The van der Waals surface area contributed by atoms with E-state index in [9.17, 15) is 14.5 Å². The Morgan fingerprint density at radius 2 is 2.06 bits per heavy atom. The molecule has 88 valence electrons. The number of aryl methyl sites for hydroxylation is 2. The maximum absolute atomic E-state index is 13.2. The Labute approximate surface area is 95.9 Å². The van der Waals surface area contributed by atoms with Crippen molar-refractivity contribution in [1.82, 2.24) is 14.8 Å². The maximum Gasteiger partial charge on any atom is 0.274 e. The second-order valence-corrected chi connectivity index (χ2v) is 3.54. The Hall–Kier alpha value is -2.31. The third kappa shape index (κ3) is 2.12. The summed E-state index contributed by atoms with van der Waals surface area (Å²) in [5.41, 5.74) is -0.0256. The average Bonchev–Trinajstić information content (AvgIpc) is 2.57. The lowest BCUT2D eigenvalue weighted by molar-refractivity contribution is -0.385. The minimum atomic E-state index is -0.679. The van der Waals surface area contributed by atoms with Crippen LogP contribution in [-0.2, 0) is 0 Å². The minimum Gasteiger partial charge on any atom is -0.258 e. The molecule has 0 aliphatic carbocycles. The minimum absolute atomic E-state index is 0.287. The van der Waals surface area contributed by atoms with Gasteiger partial charge in [-0.15, -0.1) is 0 Å². The van der Waals surface area contributed by atoms with E-state index in [1.54, 1.807) is 13.8 Å². The summed E-state index contributed by atoms with van der Waals surface area (Å²) >= 11 is 0. The van der Waals surface area contributed by atoms with Gasteiger partial charge in [0.15, 0.2) is 0 Å². The molecule has 0 aliphatic rings. The normalized spacial score (nSPS) is 10.5. The molecular formula is C10H9FN4O2. The predicted molar refractivity (Wildman–Crippen MR) is 57.4 cm³/mol. The van der Waals surface area contributed by atoms with Crippen molar-refractivity contribution < 1.29 is 9.31 Å². The van der Waals surface area contributed by atoms with Crippen LogP contribution in [0.5, 0.6) is 0 Å². The summed E-state index contributed by atoms with van der Waals surface area (Å²) in [6.45, 7) is 3.38. The zero-order valence-electron chi connectivity index (χ0n) is 9.22. The van der Waals surface area contributed by atoms with Crippen LogP contribution in [-0.4, -0.2) is 19.7 Å². The number of halogens is 1. The summed E-state index contributed by atoms with van der Waals surface area (Å²) < 4.78 is 14.6. The van der Waals surface area contributed by atoms with E-state index in [1.807, 2.05) is 0 Å². The van der Waals surface area contributed by atoms with E-state index < -0.39 is 10.7 Å². The number of nitro groups is 1. The topological polar surface area (TPSA) is 73.8 Å². The summed E-state index contributed by atoms with van der Waals surface area (Å²) in [4.78, 5) is 14.0. The highest BCUT2D eigenvalue weighted by Crippen LogP contribution is 2.19. The molecule has 0 N–H and O–H groups in total. The molecule has 1 aromatic carbocycles. The third-order valence-corrected chi connectivity index (χ3v) is 2.20. The van der Waals surface area contributed by atoms with Crippen molar-refractivity contribution in [2.75, 3.05) is 0 Å². The molecule has 0 radical (unpaired) electrons. The fourth-order valence-electron chi connectivity index (χ4n) is 1.55. The van der Waals surface area contributed by atoms with Crippen LogP contribution in [0.3, 0.4) is 0 Å². The summed E-state index contributed by atoms with van der Waals surface area (Å²) in [6.07, 6.45) is 0. The number of aromatic nitrogens is 3. The summed E-state index contributed by atoms with van der Waals surface area (Å²) in [7, 11) is 0. The molecule has 0 unspecified atom stereocenters. The number of non-ortho nitro benzene ring substituents is 1. The molecule has 0 amide bonds. The molecule has 0 bridgehead atoms. The van der Waals surface area contributed by atoms with Gasteiger partial charge in [0.25, 0.3) is 5.69 Å². The molecular weight excluding hydrogens is 227 g/mol. The highest BCUT2D eigenvalue weighted by molar-refractivity contribution is 5.43. The third-order valence-electron chi connectivity index (χ3n) is 2.20. The van der Waals surface area contributed by atoms with E-state index in [2.05, 4.69) is 10.1 Å². The number of hydrogen-bond donors (Lipinski definition) is 0. The zero-order valence-corrected chi connectivity index (χ0v) is 9.22. The van der Waals surface area contributed by atoms with Crippen molar-refractivity contribution in [3.63, 3.8) is 0 Å². The van der Waals surface area contributed by atoms with Gasteiger partial charge < -0.3 is 0 Å². The maximum atomic E-state index is 13.2. The highest BCUT2D eigenvalue weighted by atomic mass is 19.1. The molecule has 0 saturated carbocycles. The lowest BCUT2D eigenvalue weighted by atomic mass is 10.2. The first kappa shape index (κ1) is 11.2. The molecule has 1 heterocycles. The van der Waals surface area contributed by atoms with Gasteiger partial charge >= 0.3 is 0 Å². The Morgan fingerprint density at radius 1 is 1.35 bits per heavy atom. The van der Waals surface area contributed by atoms with Crippen LogP contribution in [0.4, 0.5) is 10.1 Å². The average molecular weight is 236 g/mol. The number of rotatable bonds is 2. The molecule has 6 nitrogen and oxygen atoms in total. The first-order valence-corrected chi connectivity index (χ1v) is 4.83. The van der Waals surface area contributed by atoms with Crippen LogP contribution >= 0.6 is 0 Å². The molecule has 1 aromatic heterocycles. The largest absolute Gasteiger partial charge is 0.274 e. The van der Waals surface area contributed by atoms with E-state index in [4.69, 9.17) is 0 Å². The molecule has 2 rings (SSSR count). The van der Waals surface area contributed by atoms with E-state index in [-0.39, 0.29) is 11.4 Å². The van der Waals surface area contributed by atoms with Crippen LogP contribution < -0.4 is 0 Å². The van der Waals surface area contributed by atoms with Gasteiger partial charge in [-0.25, -0.2) is 14.1 Å². The predicted octanol–water partition coefficient (Wildman–Crippen LogP) is 1.93. The fourth-order valence-corrected chi connectivity index (χ4v) is 1.55. The lowest BCUT2D eigenvalue weighted by Gasteiger charge is -2.03. The van der Waals surface area contributed by atoms with Gasteiger partial charge in [-0.2, -0.15) is 5.10 Å². The molecule has 0 saturated heterocycles. The molecule has 0 spiro atoms. The number of nitrogens with zero attached hydrogens (tertiary/aromatic N) is 4. The fraction of sp³-hybridized carbons (Fsp3) is 0.200. The van der Waals surface area contributed by atoms with Gasteiger partial charge in [0, 0.05) is 12.1 Å². The van der Waals surface area contributed by atoms with E-state index in [0.717, 1.165) is 6.07 Å². The first-order chi connectivity index (χ1) is 7.97. The molecule has 2 aromatic rings. The quantitative estimate of drug-likeness (QED) is 0.589. The van der Waals surface area contributed by atoms with Crippen LogP contribution in [0.2, 0.25) is 0 Å². The summed E-state index contributed by atoms with van der Waals surface area (Å²) in [6, 6.07) is 3.29. The van der Waals surface area contributed by atoms with Crippen molar-refractivity contribution in [2.45, 2.75) is 13.8 Å². The van der Waals surface area contributed by atoms with Gasteiger partial charge in [0.2, 0.25) is 0 Å². The van der Waals surface area contributed by atoms with Gasteiger partial charge in [-0.1, -0.05) is 0 Å². The first-order valence-electron chi connectivity index (χ1n) is 4.83.